The Morgan fingerprint density at radius 1 is 1.05 bits per heavy atom. The van der Waals surface area contributed by atoms with Gasteiger partial charge in [0.05, 0.1) is 5.56 Å². The number of aromatic nitrogens is 1. The lowest BCUT2D eigenvalue weighted by Crippen LogP contribution is -2.32. The molecule has 0 saturated carbocycles. The number of nitrogens with one attached hydrogen (secondary N) is 2. The SMILES string of the molecule is FC(F)(F)c1ccc(C2=N[C@H](c3ccc(Cl)cc3)NN2)nc1. The van der Waals surface area contributed by atoms with E-state index in [0.29, 0.717) is 16.6 Å². The normalized spacial score (nSPS) is 18.0. The first-order chi connectivity index (χ1) is 10.4. The largest absolute Gasteiger partial charge is 0.417 e. The summed E-state index contributed by atoms with van der Waals surface area (Å²) in [6.45, 7) is 0. The smallest absolute Gasteiger partial charge is 0.302 e. The average molecular weight is 327 g/mol. The monoisotopic (exact) mass is 326 g/mol. The Kier molecular flexibility index (Phi) is 3.76. The molecule has 0 radical (unpaired) electrons. The van der Waals surface area contributed by atoms with Gasteiger partial charge in [0.25, 0.3) is 0 Å². The van der Waals surface area contributed by atoms with Gasteiger partial charge in [-0.05, 0) is 29.8 Å². The summed E-state index contributed by atoms with van der Waals surface area (Å²) in [5.74, 6) is 0.383. The van der Waals surface area contributed by atoms with Crippen LogP contribution in [0.4, 0.5) is 13.2 Å². The van der Waals surface area contributed by atoms with Gasteiger partial charge >= 0.3 is 6.18 Å². The molecule has 0 bridgehead atoms. The van der Waals surface area contributed by atoms with E-state index in [-0.39, 0.29) is 6.17 Å². The second-order valence-electron chi connectivity index (χ2n) is 4.63. The number of halogens is 4. The maximum absolute atomic E-state index is 12.5. The van der Waals surface area contributed by atoms with Crippen molar-refractivity contribution in [3.8, 4) is 0 Å². The van der Waals surface area contributed by atoms with E-state index in [2.05, 4.69) is 20.8 Å². The topological polar surface area (TPSA) is 49.3 Å². The van der Waals surface area contributed by atoms with Crippen LogP contribution in [0.1, 0.15) is 23.0 Å². The van der Waals surface area contributed by atoms with Crippen molar-refractivity contribution in [3.63, 3.8) is 0 Å². The molecular formula is C14H10ClF3N4. The average Bonchev–Trinajstić information content (AvgIpc) is 2.97. The summed E-state index contributed by atoms with van der Waals surface area (Å²) in [6, 6.07) is 9.36. The van der Waals surface area contributed by atoms with E-state index >= 15 is 0 Å². The Balaban J connectivity index is 1.81. The number of hydrogen-bond donors (Lipinski definition) is 2. The van der Waals surface area contributed by atoms with Crippen LogP contribution in [0.15, 0.2) is 47.6 Å². The van der Waals surface area contributed by atoms with Crippen molar-refractivity contribution in [3.05, 3.63) is 64.4 Å². The first kappa shape index (κ1) is 14.8. The highest BCUT2D eigenvalue weighted by molar-refractivity contribution is 6.30. The fourth-order valence-electron chi connectivity index (χ4n) is 1.97. The number of alkyl halides is 3. The van der Waals surface area contributed by atoms with Gasteiger partial charge in [-0.15, -0.1) is 0 Å². The van der Waals surface area contributed by atoms with E-state index in [9.17, 15) is 13.2 Å². The standard InChI is InChI=1S/C14H10ClF3N4/c15-10-4-1-8(2-5-10)12-20-13(22-21-12)11-6-3-9(7-19-11)14(16,17)18/h1-7,12,21H,(H,20,22)/t12-/m0/s1. The van der Waals surface area contributed by atoms with E-state index in [1.807, 2.05) is 12.1 Å². The molecule has 1 aliphatic rings. The number of hydrogen-bond acceptors (Lipinski definition) is 4. The van der Waals surface area contributed by atoms with Crippen molar-refractivity contribution in [1.29, 1.82) is 0 Å². The fraction of sp³-hybridized carbons (Fsp3) is 0.143. The molecule has 114 valence electrons. The third kappa shape index (κ3) is 3.05. The van der Waals surface area contributed by atoms with Crippen LogP contribution in [-0.4, -0.2) is 10.8 Å². The molecule has 1 aliphatic heterocycles. The molecule has 0 fully saturated rings. The van der Waals surface area contributed by atoms with Gasteiger partial charge in [-0.2, -0.15) is 13.2 Å². The molecule has 22 heavy (non-hydrogen) atoms. The van der Waals surface area contributed by atoms with E-state index in [0.717, 1.165) is 17.8 Å². The molecule has 0 amide bonds. The van der Waals surface area contributed by atoms with Crippen LogP contribution < -0.4 is 10.9 Å². The van der Waals surface area contributed by atoms with Gasteiger partial charge in [0.1, 0.15) is 11.9 Å². The van der Waals surface area contributed by atoms with Gasteiger partial charge in [0.15, 0.2) is 5.84 Å². The number of amidine groups is 1. The predicted molar refractivity (Wildman–Crippen MR) is 76.2 cm³/mol. The third-order valence-corrected chi connectivity index (χ3v) is 3.36. The van der Waals surface area contributed by atoms with Gasteiger partial charge in [0.2, 0.25) is 0 Å². The van der Waals surface area contributed by atoms with Crippen LogP contribution in [0.3, 0.4) is 0 Å². The van der Waals surface area contributed by atoms with E-state index in [1.54, 1.807) is 12.1 Å². The fourth-order valence-corrected chi connectivity index (χ4v) is 2.09. The maximum atomic E-state index is 12.5. The number of hydrazine groups is 1. The van der Waals surface area contributed by atoms with E-state index in [1.165, 1.54) is 6.07 Å². The van der Waals surface area contributed by atoms with Gasteiger partial charge in [-0.25, -0.2) is 10.4 Å². The Labute approximate surface area is 129 Å². The molecule has 3 rings (SSSR count). The Bertz CT molecular complexity index is 696. The second-order valence-corrected chi connectivity index (χ2v) is 5.07. The zero-order valence-corrected chi connectivity index (χ0v) is 11.8. The molecule has 0 saturated heterocycles. The van der Waals surface area contributed by atoms with Crippen molar-refractivity contribution in [2.75, 3.05) is 0 Å². The Morgan fingerprint density at radius 2 is 1.77 bits per heavy atom. The summed E-state index contributed by atoms with van der Waals surface area (Å²) < 4.78 is 37.5. The van der Waals surface area contributed by atoms with Crippen LogP contribution in [-0.2, 0) is 6.18 Å². The quantitative estimate of drug-likeness (QED) is 0.890. The Hall–Kier alpha value is -2.12. The maximum Gasteiger partial charge on any atom is 0.417 e. The molecule has 0 unspecified atom stereocenters. The van der Waals surface area contributed by atoms with Gasteiger partial charge < -0.3 is 5.43 Å². The number of aliphatic imine (C=N–C) groups is 1. The number of benzene rings is 1. The third-order valence-electron chi connectivity index (χ3n) is 3.10. The van der Waals surface area contributed by atoms with Crippen LogP contribution in [0.25, 0.3) is 0 Å². The predicted octanol–water partition coefficient (Wildman–Crippen LogP) is 3.31. The van der Waals surface area contributed by atoms with Crippen LogP contribution in [0.2, 0.25) is 5.02 Å². The lowest BCUT2D eigenvalue weighted by Gasteiger charge is -2.07. The lowest BCUT2D eigenvalue weighted by atomic mass is 10.2. The lowest BCUT2D eigenvalue weighted by molar-refractivity contribution is -0.137. The van der Waals surface area contributed by atoms with Gasteiger partial charge in [-0.1, -0.05) is 23.7 Å². The molecular weight excluding hydrogens is 317 g/mol. The molecule has 2 N–H and O–H groups in total. The molecule has 0 spiro atoms. The summed E-state index contributed by atoms with van der Waals surface area (Å²) in [5.41, 5.74) is 6.15. The van der Waals surface area contributed by atoms with E-state index < -0.39 is 11.7 Å². The summed E-state index contributed by atoms with van der Waals surface area (Å²) in [7, 11) is 0. The highest BCUT2D eigenvalue weighted by Gasteiger charge is 2.31. The number of rotatable bonds is 2. The van der Waals surface area contributed by atoms with Crippen LogP contribution in [0.5, 0.6) is 0 Å². The molecule has 0 aliphatic carbocycles. The molecule has 8 heteroatoms. The van der Waals surface area contributed by atoms with Gasteiger partial charge in [-0.3, -0.25) is 4.98 Å². The number of pyridine rings is 1. The van der Waals surface area contributed by atoms with Crippen molar-refractivity contribution >= 4 is 17.4 Å². The summed E-state index contributed by atoms with van der Waals surface area (Å²) in [5, 5.41) is 0.614. The molecule has 1 aromatic heterocycles. The zero-order chi connectivity index (χ0) is 15.7. The first-order valence-electron chi connectivity index (χ1n) is 6.32. The second kappa shape index (κ2) is 5.58. The van der Waals surface area contributed by atoms with Crippen molar-refractivity contribution in [1.82, 2.24) is 15.8 Å². The molecule has 4 nitrogen and oxygen atoms in total. The summed E-state index contributed by atoms with van der Waals surface area (Å²) >= 11 is 5.82. The molecule has 2 heterocycles. The first-order valence-corrected chi connectivity index (χ1v) is 6.70. The summed E-state index contributed by atoms with van der Waals surface area (Å²) in [4.78, 5) is 8.15. The van der Waals surface area contributed by atoms with Crippen molar-refractivity contribution < 1.29 is 13.2 Å². The van der Waals surface area contributed by atoms with Crippen LogP contribution in [0, 0.1) is 0 Å². The number of nitrogens with zero attached hydrogens (tertiary/aromatic N) is 2. The summed E-state index contributed by atoms with van der Waals surface area (Å²) in [6.07, 6.45) is -3.97. The highest BCUT2D eigenvalue weighted by Crippen LogP contribution is 2.28. The van der Waals surface area contributed by atoms with Gasteiger partial charge in [0, 0.05) is 11.2 Å². The Morgan fingerprint density at radius 3 is 2.36 bits per heavy atom. The molecule has 1 atom stereocenters. The molecule has 1 aromatic carbocycles. The van der Waals surface area contributed by atoms with Crippen LogP contribution >= 0.6 is 11.6 Å². The minimum atomic E-state index is -4.40. The van der Waals surface area contributed by atoms with E-state index in [4.69, 9.17) is 11.6 Å². The zero-order valence-electron chi connectivity index (χ0n) is 11.0. The highest BCUT2D eigenvalue weighted by atomic mass is 35.5. The minimum absolute atomic E-state index is 0.331. The van der Waals surface area contributed by atoms with Crippen molar-refractivity contribution in [2.24, 2.45) is 4.99 Å². The van der Waals surface area contributed by atoms with Crippen molar-refractivity contribution in [2.45, 2.75) is 12.3 Å². The molecule has 2 aromatic rings. The minimum Gasteiger partial charge on any atom is -0.302 e.